The van der Waals surface area contributed by atoms with Gasteiger partial charge in [0.1, 0.15) is 5.75 Å². The normalized spacial score (nSPS) is 11.4. The molecule has 0 aliphatic carbocycles. The Labute approximate surface area is 144 Å². The zero-order valence-corrected chi connectivity index (χ0v) is 13.9. The number of nitrogens with zero attached hydrogens (tertiary/aromatic N) is 1. The Kier molecular flexibility index (Phi) is 6.03. The minimum Gasteiger partial charge on any atom is -0.496 e. The van der Waals surface area contributed by atoms with Crippen LogP contribution in [0.25, 0.3) is 0 Å². The molecule has 2 aromatic carbocycles. The maximum Gasteiger partial charge on any atom is 0.418 e. The number of rotatable bonds is 6. The first kappa shape index (κ1) is 18.8. The van der Waals surface area contributed by atoms with Gasteiger partial charge in [0.25, 0.3) is 0 Å². The molecule has 7 heteroatoms. The Morgan fingerprint density at radius 2 is 1.76 bits per heavy atom. The van der Waals surface area contributed by atoms with E-state index in [9.17, 15) is 18.0 Å². The third-order valence-electron chi connectivity index (χ3n) is 3.55. The second kappa shape index (κ2) is 8.02. The van der Waals surface area contributed by atoms with Crippen LogP contribution in [0.4, 0.5) is 18.9 Å². The molecule has 25 heavy (non-hydrogen) atoms. The topological polar surface area (TPSA) is 41.6 Å². The first-order chi connectivity index (χ1) is 11.8. The molecule has 0 saturated heterocycles. The van der Waals surface area contributed by atoms with Crippen molar-refractivity contribution < 1.29 is 22.7 Å². The van der Waals surface area contributed by atoms with Crippen LogP contribution in [0, 0.1) is 0 Å². The van der Waals surface area contributed by atoms with Crippen molar-refractivity contribution in [2.45, 2.75) is 12.7 Å². The molecule has 4 nitrogen and oxygen atoms in total. The van der Waals surface area contributed by atoms with Crippen molar-refractivity contribution in [2.24, 2.45) is 0 Å². The standard InChI is InChI=1S/C18H19F3N2O2/c1-23(11-13-7-3-6-10-16(13)25-2)12-17(24)22-15-9-5-4-8-14(15)18(19,20)21/h3-10H,11-12H2,1-2H3,(H,22,24). The predicted molar refractivity (Wildman–Crippen MR) is 89.4 cm³/mol. The maximum absolute atomic E-state index is 13.0. The number of hydrogen-bond donors (Lipinski definition) is 1. The van der Waals surface area contributed by atoms with Crippen molar-refractivity contribution >= 4 is 11.6 Å². The molecular formula is C18H19F3N2O2. The van der Waals surface area contributed by atoms with Gasteiger partial charge in [0.15, 0.2) is 0 Å². The van der Waals surface area contributed by atoms with Crippen molar-refractivity contribution in [3.63, 3.8) is 0 Å². The van der Waals surface area contributed by atoms with Gasteiger partial charge in [-0.05, 0) is 25.2 Å². The molecular weight excluding hydrogens is 333 g/mol. The molecule has 1 amide bonds. The summed E-state index contributed by atoms with van der Waals surface area (Å²) < 4.78 is 44.1. The van der Waals surface area contributed by atoms with E-state index in [0.717, 1.165) is 11.6 Å². The molecule has 0 aliphatic rings. The lowest BCUT2D eigenvalue weighted by molar-refractivity contribution is -0.137. The molecule has 0 atom stereocenters. The van der Waals surface area contributed by atoms with Gasteiger partial charge in [-0.3, -0.25) is 9.69 Å². The number of alkyl halides is 3. The van der Waals surface area contributed by atoms with E-state index in [1.807, 2.05) is 24.3 Å². The molecule has 0 unspecified atom stereocenters. The third-order valence-corrected chi connectivity index (χ3v) is 3.55. The number of hydrogen-bond acceptors (Lipinski definition) is 3. The van der Waals surface area contributed by atoms with Crippen molar-refractivity contribution in [1.82, 2.24) is 4.90 Å². The molecule has 0 radical (unpaired) electrons. The number of para-hydroxylation sites is 2. The fraction of sp³-hybridized carbons (Fsp3) is 0.278. The van der Waals surface area contributed by atoms with E-state index in [4.69, 9.17) is 4.74 Å². The lowest BCUT2D eigenvalue weighted by Crippen LogP contribution is -2.30. The number of benzene rings is 2. The summed E-state index contributed by atoms with van der Waals surface area (Å²) in [6.07, 6.45) is -4.52. The number of methoxy groups -OCH3 is 1. The average Bonchev–Trinajstić information content (AvgIpc) is 2.54. The number of halogens is 3. The van der Waals surface area contributed by atoms with Crippen LogP contribution >= 0.6 is 0 Å². The molecule has 0 saturated carbocycles. The van der Waals surface area contributed by atoms with Gasteiger partial charge in [-0.2, -0.15) is 13.2 Å². The van der Waals surface area contributed by atoms with Gasteiger partial charge in [-0.1, -0.05) is 30.3 Å². The summed E-state index contributed by atoms with van der Waals surface area (Å²) in [4.78, 5) is 13.8. The van der Waals surface area contributed by atoms with Gasteiger partial charge < -0.3 is 10.1 Å². The highest BCUT2D eigenvalue weighted by molar-refractivity contribution is 5.93. The Bertz CT molecular complexity index is 732. The highest BCUT2D eigenvalue weighted by atomic mass is 19.4. The first-order valence-electron chi connectivity index (χ1n) is 7.57. The minimum absolute atomic E-state index is 0.0513. The molecule has 0 fully saturated rings. The Hall–Kier alpha value is -2.54. The van der Waals surface area contributed by atoms with Crippen LogP contribution in [0.2, 0.25) is 0 Å². The minimum atomic E-state index is -4.52. The van der Waals surface area contributed by atoms with E-state index in [-0.39, 0.29) is 12.2 Å². The summed E-state index contributed by atoms with van der Waals surface area (Å²) in [6, 6.07) is 12.3. The predicted octanol–water partition coefficient (Wildman–Crippen LogP) is 3.78. The van der Waals surface area contributed by atoms with E-state index in [1.165, 1.54) is 18.2 Å². The fourth-order valence-electron chi connectivity index (χ4n) is 2.45. The second-order valence-electron chi connectivity index (χ2n) is 5.58. The fourth-order valence-corrected chi connectivity index (χ4v) is 2.45. The molecule has 0 aromatic heterocycles. The van der Waals surface area contributed by atoms with Crippen LogP contribution in [0.1, 0.15) is 11.1 Å². The summed E-state index contributed by atoms with van der Waals surface area (Å²) in [5.74, 6) is 0.172. The number of amides is 1. The van der Waals surface area contributed by atoms with Gasteiger partial charge in [-0.15, -0.1) is 0 Å². The smallest absolute Gasteiger partial charge is 0.418 e. The molecule has 0 bridgehead atoms. The number of anilines is 1. The number of carbonyl (C=O) groups excluding carboxylic acids is 1. The SMILES string of the molecule is COc1ccccc1CN(C)CC(=O)Nc1ccccc1C(F)(F)F. The van der Waals surface area contributed by atoms with Gasteiger partial charge in [0.2, 0.25) is 5.91 Å². The summed E-state index contributed by atoms with van der Waals surface area (Å²) in [5, 5.41) is 2.33. The van der Waals surface area contributed by atoms with Gasteiger partial charge in [0, 0.05) is 12.1 Å². The summed E-state index contributed by atoms with van der Waals surface area (Å²) in [7, 11) is 3.27. The first-order valence-corrected chi connectivity index (χ1v) is 7.57. The van der Waals surface area contributed by atoms with Crippen LogP contribution in [-0.2, 0) is 17.5 Å². The van der Waals surface area contributed by atoms with Gasteiger partial charge >= 0.3 is 6.18 Å². The largest absolute Gasteiger partial charge is 0.496 e. The van der Waals surface area contributed by atoms with Crippen LogP contribution in [-0.4, -0.2) is 31.5 Å². The highest BCUT2D eigenvalue weighted by Crippen LogP contribution is 2.34. The quantitative estimate of drug-likeness (QED) is 0.860. The van der Waals surface area contributed by atoms with Gasteiger partial charge in [0.05, 0.1) is 24.9 Å². The highest BCUT2D eigenvalue weighted by Gasteiger charge is 2.33. The van der Waals surface area contributed by atoms with Crippen LogP contribution in [0.15, 0.2) is 48.5 Å². The number of carbonyl (C=O) groups is 1. The number of nitrogens with one attached hydrogen (secondary N) is 1. The summed E-state index contributed by atoms with van der Waals surface area (Å²) in [6.45, 7) is 0.378. The molecule has 0 heterocycles. The van der Waals surface area contributed by atoms with Crippen molar-refractivity contribution in [2.75, 3.05) is 26.0 Å². The number of ether oxygens (including phenoxy) is 1. The Balaban J connectivity index is 2.01. The molecule has 134 valence electrons. The summed E-state index contributed by atoms with van der Waals surface area (Å²) >= 11 is 0. The zero-order valence-electron chi connectivity index (χ0n) is 13.9. The van der Waals surface area contributed by atoms with Crippen LogP contribution in [0.3, 0.4) is 0 Å². The molecule has 2 rings (SSSR count). The average molecular weight is 352 g/mol. The van der Waals surface area contributed by atoms with E-state index in [0.29, 0.717) is 12.3 Å². The zero-order chi connectivity index (χ0) is 18.4. The molecule has 2 aromatic rings. The summed E-state index contributed by atoms with van der Waals surface area (Å²) in [5.41, 5.74) is -0.225. The van der Waals surface area contributed by atoms with Crippen molar-refractivity contribution in [3.05, 3.63) is 59.7 Å². The van der Waals surface area contributed by atoms with Gasteiger partial charge in [-0.25, -0.2) is 0 Å². The number of likely N-dealkylation sites (N-methyl/N-ethyl adjacent to an activating group) is 1. The molecule has 0 spiro atoms. The monoisotopic (exact) mass is 352 g/mol. The van der Waals surface area contributed by atoms with E-state index < -0.39 is 17.6 Å². The lowest BCUT2D eigenvalue weighted by atomic mass is 10.1. The third kappa shape index (κ3) is 5.22. The lowest BCUT2D eigenvalue weighted by Gasteiger charge is -2.19. The van der Waals surface area contributed by atoms with Crippen molar-refractivity contribution in [1.29, 1.82) is 0 Å². The van der Waals surface area contributed by atoms with E-state index in [1.54, 1.807) is 19.1 Å². The molecule has 1 N–H and O–H groups in total. The second-order valence-corrected chi connectivity index (χ2v) is 5.58. The van der Waals surface area contributed by atoms with Crippen LogP contribution < -0.4 is 10.1 Å². The van der Waals surface area contributed by atoms with E-state index in [2.05, 4.69) is 5.32 Å². The van der Waals surface area contributed by atoms with E-state index >= 15 is 0 Å². The maximum atomic E-state index is 13.0. The Morgan fingerprint density at radius 3 is 2.44 bits per heavy atom. The Morgan fingerprint density at radius 1 is 1.12 bits per heavy atom. The molecule has 0 aliphatic heterocycles. The van der Waals surface area contributed by atoms with Crippen LogP contribution in [0.5, 0.6) is 5.75 Å². The van der Waals surface area contributed by atoms with Crippen molar-refractivity contribution in [3.8, 4) is 5.75 Å².